The van der Waals surface area contributed by atoms with Gasteiger partial charge in [0.2, 0.25) is 0 Å². The molecule has 1 aromatic carbocycles. The van der Waals surface area contributed by atoms with Gasteiger partial charge >= 0.3 is 0 Å². The van der Waals surface area contributed by atoms with Crippen molar-refractivity contribution in [2.24, 2.45) is 5.73 Å². The summed E-state index contributed by atoms with van der Waals surface area (Å²) >= 11 is 0. The Morgan fingerprint density at radius 2 is 1.85 bits per heavy atom. The van der Waals surface area contributed by atoms with Crippen molar-refractivity contribution in [1.29, 1.82) is 0 Å². The third kappa shape index (κ3) is 1.28. The second-order valence-electron chi connectivity index (χ2n) is 4.16. The highest BCUT2D eigenvalue weighted by Gasteiger charge is 2.41. The van der Waals surface area contributed by atoms with Crippen LogP contribution in [-0.2, 0) is 5.41 Å². The summed E-state index contributed by atoms with van der Waals surface area (Å²) in [7, 11) is 0. The minimum Gasteiger partial charge on any atom is -0.327 e. The van der Waals surface area contributed by atoms with Crippen molar-refractivity contribution in [3.63, 3.8) is 0 Å². The van der Waals surface area contributed by atoms with Crippen molar-refractivity contribution >= 4 is 0 Å². The van der Waals surface area contributed by atoms with Gasteiger partial charge in [-0.05, 0) is 25.3 Å². The molecule has 1 aliphatic carbocycles. The van der Waals surface area contributed by atoms with Crippen LogP contribution in [0.1, 0.15) is 31.7 Å². The Balaban J connectivity index is 2.32. The third-order valence-corrected chi connectivity index (χ3v) is 3.47. The van der Waals surface area contributed by atoms with Crippen LogP contribution in [0.5, 0.6) is 0 Å². The molecule has 2 rings (SSSR count). The molecule has 0 bridgehead atoms. The van der Waals surface area contributed by atoms with Crippen LogP contribution in [-0.4, -0.2) is 6.04 Å². The van der Waals surface area contributed by atoms with Crippen LogP contribution in [0.25, 0.3) is 0 Å². The zero-order chi connectivity index (χ0) is 9.31. The summed E-state index contributed by atoms with van der Waals surface area (Å²) in [5.74, 6) is 0. The number of nitrogens with two attached hydrogens (primary N) is 1. The highest BCUT2D eigenvalue weighted by atomic mass is 14.7. The molecule has 1 aliphatic rings. The lowest BCUT2D eigenvalue weighted by atomic mass is 9.61. The van der Waals surface area contributed by atoms with E-state index in [2.05, 4.69) is 37.3 Å². The van der Waals surface area contributed by atoms with E-state index in [1.165, 1.54) is 24.8 Å². The van der Waals surface area contributed by atoms with E-state index in [1.54, 1.807) is 0 Å². The molecule has 0 spiro atoms. The van der Waals surface area contributed by atoms with Gasteiger partial charge in [-0.3, -0.25) is 0 Å². The molecule has 13 heavy (non-hydrogen) atoms. The molecule has 1 fully saturated rings. The Morgan fingerprint density at radius 1 is 1.23 bits per heavy atom. The first-order valence-electron chi connectivity index (χ1n) is 5.07. The maximum Gasteiger partial charge on any atom is 0.0108 e. The normalized spacial score (nSPS) is 22.0. The van der Waals surface area contributed by atoms with Crippen molar-refractivity contribution in [1.82, 2.24) is 0 Å². The highest BCUT2D eigenvalue weighted by Crippen LogP contribution is 2.45. The molecule has 0 heterocycles. The summed E-state index contributed by atoms with van der Waals surface area (Å²) in [6.45, 7) is 2.13. The summed E-state index contributed by atoms with van der Waals surface area (Å²) in [5, 5.41) is 0. The SMILES string of the molecule is C[C@@H](N)C1(c2ccccc2)CCC1. The molecule has 1 heteroatoms. The monoisotopic (exact) mass is 175 g/mol. The second kappa shape index (κ2) is 3.15. The summed E-state index contributed by atoms with van der Waals surface area (Å²) in [6, 6.07) is 11.0. The van der Waals surface area contributed by atoms with E-state index in [1.807, 2.05) is 0 Å². The summed E-state index contributed by atoms with van der Waals surface area (Å²) in [4.78, 5) is 0. The Labute approximate surface area is 80.0 Å². The lowest BCUT2D eigenvalue weighted by molar-refractivity contribution is 0.205. The molecule has 1 nitrogen and oxygen atoms in total. The average Bonchev–Trinajstić information content (AvgIpc) is 2.03. The van der Waals surface area contributed by atoms with Crippen molar-refractivity contribution in [2.45, 2.75) is 37.6 Å². The van der Waals surface area contributed by atoms with Crippen molar-refractivity contribution in [2.75, 3.05) is 0 Å². The molecule has 2 N–H and O–H groups in total. The summed E-state index contributed by atoms with van der Waals surface area (Å²) < 4.78 is 0. The molecule has 70 valence electrons. The van der Waals surface area contributed by atoms with Gasteiger partial charge in [-0.2, -0.15) is 0 Å². The predicted molar refractivity (Wildman–Crippen MR) is 55.6 cm³/mol. The topological polar surface area (TPSA) is 26.0 Å². The van der Waals surface area contributed by atoms with Gasteiger partial charge in [-0.25, -0.2) is 0 Å². The fourth-order valence-corrected chi connectivity index (χ4v) is 2.33. The molecule has 0 saturated heterocycles. The van der Waals surface area contributed by atoms with Crippen LogP contribution in [0.2, 0.25) is 0 Å². The molecular formula is C12H17N. The third-order valence-electron chi connectivity index (χ3n) is 3.47. The first kappa shape index (κ1) is 8.76. The lowest BCUT2D eigenvalue weighted by Gasteiger charge is -2.45. The van der Waals surface area contributed by atoms with E-state index in [4.69, 9.17) is 5.73 Å². The minimum absolute atomic E-state index is 0.281. The minimum atomic E-state index is 0.281. The molecule has 0 unspecified atom stereocenters. The largest absolute Gasteiger partial charge is 0.327 e. The van der Waals surface area contributed by atoms with Gasteiger partial charge in [0.25, 0.3) is 0 Å². The molecule has 0 aliphatic heterocycles. The van der Waals surface area contributed by atoms with E-state index in [9.17, 15) is 0 Å². The first-order chi connectivity index (χ1) is 6.26. The quantitative estimate of drug-likeness (QED) is 0.734. The Hall–Kier alpha value is -0.820. The van der Waals surface area contributed by atoms with E-state index in [0.717, 1.165) is 0 Å². The number of hydrogen-bond acceptors (Lipinski definition) is 1. The van der Waals surface area contributed by atoms with E-state index in [0.29, 0.717) is 5.41 Å². The van der Waals surface area contributed by atoms with Gasteiger partial charge in [0.15, 0.2) is 0 Å². The molecule has 1 saturated carbocycles. The number of hydrogen-bond donors (Lipinski definition) is 1. The van der Waals surface area contributed by atoms with Gasteiger partial charge < -0.3 is 5.73 Å². The summed E-state index contributed by atoms with van der Waals surface area (Å²) in [5.41, 5.74) is 7.78. The van der Waals surface area contributed by atoms with Crippen LogP contribution >= 0.6 is 0 Å². The van der Waals surface area contributed by atoms with Gasteiger partial charge in [0, 0.05) is 11.5 Å². The van der Waals surface area contributed by atoms with Crippen LogP contribution in [0, 0.1) is 0 Å². The fraction of sp³-hybridized carbons (Fsp3) is 0.500. The Bertz CT molecular complexity index is 272. The predicted octanol–water partition coefficient (Wildman–Crippen LogP) is 2.46. The van der Waals surface area contributed by atoms with E-state index in [-0.39, 0.29) is 6.04 Å². The molecule has 1 atom stereocenters. The van der Waals surface area contributed by atoms with E-state index >= 15 is 0 Å². The second-order valence-corrected chi connectivity index (χ2v) is 4.16. The zero-order valence-electron chi connectivity index (χ0n) is 8.16. The number of benzene rings is 1. The van der Waals surface area contributed by atoms with Gasteiger partial charge in [0.1, 0.15) is 0 Å². The molecule has 0 aromatic heterocycles. The number of rotatable bonds is 2. The summed E-state index contributed by atoms with van der Waals surface area (Å²) in [6.07, 6.45) is 3.85. The molecule has 0 radical (unpaired) electrons. The lowest BCUT2D eigenvalue weighted by Crippen LogP contribution is -2.48. The molecular weight excluding hydrogens is 158 g/mol. The standard InChI is InChI=1S/C12H17N/c1-10(13)12(8-5-9-12)11-6-3-2-4-7-11/h2-4,6-7,10H,5,8-9,13H2,1H3/t10-/m1/s1. The molecule has 1 aromatic rings. The maximum absolute atomic E-state index is 6.06. The smallest absolute Gasteiger partial charge is 0.0108 e. The van der Waals surface area contributed by atoms with Crippen molar-refractivity contribution in [3.05, 3.63) is 35.9 Å². The van der Waals surface area contributed by atoms with Gasteiger partial charge in [0.05, 0.1) is 0 Å². The van der Waals surface area contributed by atoms with Crippen molar-refractivity contribution < 1.29 is 0 Å². The van der Waals surface area contributed by atoms with Gasteiger partial charge in [-0.1, -0.05) is 36.8 Å². The fourth-order valence-electron chi connectivity index (χ4n) is 2.33. The van der Waals surface area contributed by atoms with Crippen LogP contribution in [0.3, 0.4) is 0 Å². The Morgan fingerprint density at radius 3 is 2.23 bits per heavy atom. The Kier molecular flexibility index (Phi) is 2.12. The van der Waals surface area contributed by atoms with E-state index < -0.39 is 0 Å². The van der Waals surface area contributed by atoms with Gasteiger partial charge in [-0.15, -0.1) is 0 Å². The van der Waals surface area contributed by atoms with Crippen LogP contribution < -0.4 is 5.73 Å². The van der Waals surface area contributed by atoms with Crippen molar-refractivity contribution in [3.8, 4) is 0 Å². The average molecular weight is 175 g/mol. The zero-order valence-corrected chi connectivity index (χ0v) is 8.16. The van der Waals surface area contributed by atoms with Crippen LogP contribution in [0.4, 0.5) is 0 Å². The maximum atomic E-state index is 6.06. The highest BCUT2D eigenvalue weighted by molar-refractivity contribution is 5.29. The van der Waals surface area contributed by atoms with Crippen LogP contribution in [0.15, 0.2) is 30.3 Å². The molecule has 0 amide bonds. The first-order valence-corrected chi connectivity index (χ1v) is 5.07.